The first-order valence-electron chi connectivity index (χ1n) is 7.13. The molecule has 0 amide bonds. The fourth-order valence-corrected chi connectivity index (χ4v) is 3.36. The van der Waals surface area contributed by atoms with Crippen LogP contribution in [0.1, 0.15) is 25.0 Å². The lowest BCUT2D eigenvalue weighted by Crippen LogP contribution is -2.27. The summed E-state index contributed by atoms with van der Waals surface area (Å²) >= 11 is 8.11. The Labute approximate surface area is 148 Å². The van der Waals surface area contributed by atoms with Crippen LogP contribution in [0, 0.1) is 9.49 Å². The first-order valence-corrected chi connectivity index (χ1v) is 8.58. The van der Waals surface area contributed by atoms with Gasteiger partial charge in [-0.1, -0.05) is 37.6 Å². The predicted octanol–water partition coefficient (Wildman–Crippen LogP) is 5.61. The van der Waals surface area contributed by atoms with Crippen molar-refractivity contribution in [2.75, 3.05) is 0 Å². The highest BCUT2D eigenvalue weighted by atomic mass is 127. The Morgan fingerprint density at radius 1 is 1.14 bits per heavy atom. The molecule has 2 nitrogen and oxygen atoms in total. The third-order valence-electron chi connectivity index (χ3n) is 3.75. The molecule has 0 saturated carbocycles. The number of ether oxygens (including phenoxy) is 1. The van der Waals surface area contributed by atoms with E-state index in [1.54, 1.807) is 6.07 Å². The zero-order valence-corrected chi connectivity index (χ0v) is 15.2. The topological polar surface area (TPSA) is 29.5 Å². The average Bonchev–Trinajstić information content (AvgIpc) is 2.51. The maximum Gasteiger partial charge on any atom is 0.144 e. The van der Waals surface area contributed by atoms with Gasteiger partial charge in [0.15, 0.2) is 0 Å². The molecular formula is C18H16ClIO2. The molecule has 0 fully saturated rings. The van der Waals surface area contributed by atoms with Crippen molar-refractivity contribution >= 4 is 45.8 Å². The molecule has 114 valence electrons. The molecule has 1 N–H and O–H groups in total. The van der Waals surface area contributed by atoms with E-state index in [0.717, 1.165) is 31.0 Å². The zero-order valence-electron chi connectivity index (χ0n) is 12.3. The number of benzene rings is 2. The highest BCUT2D eigenvalue weighted by molar-refractivity contribution is 14.1. The van der Waals surface area contributed by atoms with Gasteiger partial charge >= 0.3 is 0 Å². The summed E-state index contributed by atoms with van der Waals surface area (Å²) in [6, 6.07) is 11.4. The molecule has 0 spiro atoms. The summed E-state index contributed by atoms with van der Waals surface area (Å²) in [5.41, 5.74) is 3.24. The first-order chi connectivity index (χ1) is 10.5. The third-order valence-corrected chi connectivity index (χ3v) is 5.05. The van der Waals surface area contributed by atoms with Crippen LogP contribution < -0.4 is 4.74 Å². The Morgan fingerprint density at radius 2 is 1.82 bits per heavy atom. The minimum Gasteiger partial charge on any atom is -0.507 e. The van der Waals surface area contributed by atoms with Crippen molar-refractivity contribution in [1.82, 2.24) is 0 Å². The number of hydrogen-bond donors (Lipinski definition) is 1. The number of rotatable bonds is 2. The summed E-state index contributed by atoms with van der Waals surface area (Å²) in [5, 5.41) is 10.6. The molecule has 0 aliphatic carbocycles. The lowest BCUT2D eigenvalue weighted by molar-refractivity contribution is 0.201. The van der Waals surface area contributed by atoms with Crippen LogP contribution in [-0.4, -0.2) is 11.2 Å². The summed E-state index contributed by atoms with van der Waals surface area (Å²) in [7, 11) is 0. The van der Waals surface area contributed by atoms with Crippen molar-refractivity contribution in [3.63, 3.8) is 0 Å². The molecule has 0 bridgehead atoms. The summed E-state index contributed by atoms with van der Waals surface area (Å²) < 4.78 is 6.99. The average molecular weight is 427 g/mol. The lowest BCUT2D eigenvalue weighted by Gasteiger charge is -2.31. The molecule has 0 aromatic heterocycles. The fourth-order valence-electron chi connectivity index (χ4n) is 2.62. The molecule has 0 saturated heterocycles. The first kappa shape index (κ1) is 15.7. The molecule has 2 aromatic rings. The Balaban J connectivity index is 2.14. The normalized spacial score (nSPS) is 17.0. The fraction of sp³-hybridized carbons (Fsp3) is 0.222. The van der Waals surface area contributed by atoms with E-state index in [2.05, 4.69) is 42.5 Å². The van der Waals surface area contributed by atoms with Crippen LogP contribution >= 0.6 is 34.2 Å². The van der Waals surface area contributed by atoms with E-state index in [-0.39, 0.29) is 11.9 Å². The highest BCUT2D eigenvalue weighted by Crippen LogP contribution is 2.42. The Bertz CT molecular complexity index is 735. The van der Waals surface area contributed by atoms with Gasteiger partial charge in [-0.15, -0.1) is 0 Å². The van der Waals surface area contributed by atoms with Gasteiger partial charge in [-0.2, -0.15) is 0 Å². The van der Waals surface area contributed by atoms with Gasteiger partial charge in [0.2, 0.25) is 0 Å². The summed E-state index contributed by atoms with van der Waals surface area (Å²) in [6.07, 6.45) is 2.10. The maximum absolute atomic E-state index is 9.89. The predicted molar refractivity (Wildman–Crippen MR) is 99.4 cm³/mol. The molecular weight excluding hydrogens is 411 g/mol. The maximum atomic E-state index is 9.89. The van der Waals surface area contributed by atoms with E-state index in [1.165, 1.54) is 0 Å². The Kier molecular flexibility index (Phi) is 4.37. The highest BCUT2D eigenvalue weighted by Gasteiger charge is 2.28. The molecule has 4 heteroatoms. The molecule has 3 rings (SSSR count). The van der Waals surface area contributed by atoms with Gasteiger partial charge in [-0.25, -0.2) is 0 Å². The van der Waals surface area contributed by atoms with Gasteiger partial charge < -0.3 is 9.84 Å². The molecule has 1 aliphatic heterocycles. The van der Waals surface area contributed by atoms with Crippen molar-refractivity contribution in [2.24, 2.45) is 5.92 Å². The smallest absolute Gasteiger partial charge is 0.144 e. The van der Waals surface area contributed by atoms with Gasteiger partial charge in [-0.3, -0.25) is 0 Å². The standard InChI is InChI=1S/C18H16ClIO2/c1-10(2)17-14(11-3-6-13(19)7-4-11)9-12-5-8-15(21)16(20)18(12)22-17/h3-10,17,21H,1-2H3. The van der Waals surface area contributed by atoms with Crippen molar-refractivity contribution in [1.29, 1.82) is 0 Å². The lowest BCUT2D eigenvalue weighted by atomic mass is 9.89. The van der Waals surface area contributed by atoms with Crippen LogP contribution in [0.5, 0.6) is 11.5 Å². The van der Waals surface area contributed by atoms with Crippen molar-refractivity contribution in [2.45, 2.75) is 20.0 Å². The largest absolute Gasteiger partial charge is 0.507 e. The number of fused-ring (bicyclic) bond motifs is 1. The zero-order chi connectivity index (χ0) is 15.9. The van der Waals surface area contributed by atoms with Gasteiger partial charge in [0.05, 0.1) is 3.57 Å². The van der Waals surface area contributed by atoms with E-state index in [0.29, 0.717) is 5.92 Å². The van der Waals surface area contributed by atoms with Crippen LogP contribution in [0.3, 0.4) is 0 Å². The van der Waals surface area contributed by atoms with Crippen molar-refractivity contribution in [3.8, 4) is 11.5 Å². The number of aromatic hydroxyl groups is 1. The molecule has 1 aliphatic rings. The minimum atomic E-state index is -0.0519. The third kappa shape index (κ3) is 2.84. The SMILES string of the molecule is CC(C)C1Oc2c(ccc(O)c2I)C=C1c1ccc(Cl)cc1. The van der Waals surface area contributed by atoms with Gasteiger partial charge in [0.25, 0.3) is 0 Å². The van der Waals surface area contributed by atoms with Gasteiger partial charge in [-0.05, 0) is 64.4 Å². The monoisotopic (exact) mass is 426 g/mol. The van der Waals surface area contributed by atoms with Crippen molar-refractivity contribution < 1.29 is 9.84 Å². The van der Waals surface area contributed by atoms with Gasteiger partial charge in [0, 0.05) is 16.2 Å². The van der Waals surface area contributed by atoms with Crippen LogP contribution in [0.25, 0.3) is 11.6 Å². The van der Waals surface area contributed by atoms with E-state index >= 15 is 0 Å². The second-order valence-corrected chi connectivity index (χ2v) is 7.22. The van der Waals surface area contributed by atoms with Crippen LogP contribution in [0.2, 0.25) is 5.02 Å². The molecule has 0 radical (unpaired) electrons. The number of phenolic OH excluding ortho intramolecular Hbond substituents is 1. The number of phenols is 1. The molecule has 1 unspecified atom stereocenters. The van der Waals surface area contributed by atoms with Crippen LogP contribution in [0.4, 0.5) is 0 Å². The second kappa shape index (κ2) is 6.13. The number of hydrogen-bond acceptors (Lipinski definition) is 2. The summed E-state index contributed by atoms with van der Waals surface area (Å²) in [5.74, 6) is 1.33. The van der Waals surface area contributed by atoms with E-state index in [9.17, 15) is 5.11 Å². The number of halogens is 2. The Morgan fingerprint density at radius 3 is 2.45 bits per heavy atom. The van der Waals surface area contributed by atoms with E-state index in [1.807, 2.05) is 30.3 Å². The minimum absolute atomic E-state index is 0.0519. The van der Waals surface area contributed by atoms with E-state index < -0.39 is 0 Å². The molecule has 1 atom stereocenters. The summed E-state index contributed by atoms with van der Waals surface area (Å²) in [6.45, 7) is 4.27. The van der Waals surface area contributed by atoms with Crippen LogP contribution in [0.15, 0.2) is 36.4 Å². The molecule has 1 heterocycles. The van der Waals surface area contributed by atoms with E-state index in [4.69, 9.17) is 16.3 Å². The molecule has 2 aromatic carbocycles. The molecule has 22 heavy (non-hydrogen) atoms. The Hall–Kier alpha value is -1.20. The quantitative estimate of drug-likeness (QED) is 0.633. The van der Waals surface area contributed by atoms with Crippen molar-refractivity contribution in [3.05, 3.63) is 56.1 Å². The van der Waals surface area contributed by atoms with Gasteiger partial charge in [0.1, 0.15) is 17.6 Å². The second-order valence-electron chi connectivity index (χ2n) is 5.71. The van der Waals surface area contributed by atoms with Crippen LogP contribution in [-0.2, 0) is 0 Å². The summed E-state index contributed by atoms with van der Waals surface area (Å²) in [4.78, 5) is 0.